The minimum absolute atomic E-state index is 0.272. The molecule has 0 aliphatic rings. The summed E-state index contributed by atoms with van der Waals surface area (Å²) in [5, 5.41) is 7.25. The molecule has 1 amide bonds. The lowest BCUT2D eigenvalue weighted by atomic mass is 10.2. The van der Waals surface area contributed by atoms with E-state index in [-0.39, 0.29) is 11.7 Å². The number of carbonyl (C=O) groups is 1. The average Bonchev–Trinajstić information content (AvgIpc) is 3.19. The third-order valence-electron chi connectivity index (χ3n) is 3.98. The van der Waals surface area contributed by atoms with Crippen LogP contribution in [0.4, 0.5) is 0 Å². The van der Waals surface area contributed by atoms with Gasteiger partial charge in [0.1, 0.15) is 11.5 Å². The maximum atomic E-state index is 12.4. The molecule has 0 saturated heterocycles. The van der Waals surface area contributed by atoms with Crippen LogP contribution >= 0.6 is 15.9 Å². The van der Waals surface area contributed by atoms with Crippen molar-refractivity contribution >= 4 is 21.8 Å². The monoisotopic (exact) mass is 417 g/mol. The third kappa shape index (κ3) is 4.16. The predicted octanol–water partition coefficient (Wildman–Crippen LogP) is 3.84. The number of aromatic nitrogens is 2. The van der Waals surface area contributed by atoms with Crippen LogP contribution in [0.5, 0.6) is 5.75 Å². The molecular weight excluding hydrogens is 398 g/mol. The lowest BCUT2D eigenvalue weighted by Crippen LogP contribution is -2.22. The Kier molecular flexibility index (Phi) is 5.46. The first-order valence-corrected chi connectivity index (χ1v) is 8.96. The van der Waals surface area contributed by atoms with Crippen molar-refractivity contribution in [2.24, 2.45) is 0 Å². The largest absolute Gasteiger partial charge is 0.496 e. The van der Waals surface area contributed by atoms with Crippen LogP contribution in [-0.2, 0) is 13.1 Å². The summed E-state index contributed by atoms with van der Waals surface area (Å²) < 4.78 is 13.8. The number of nitrogens with zero attached hydrogens (tertiary/aromatic N) is 2. The van der Waals surface area contributed by atoms with Crippen LogP contribution in [-0.4, -0.2) is 22.8 Å². The number of furan rings is 1. The molecule has 0 bridgehead atoms. The molecule has 0 radical (unpaired) electrons. The van der Waals surface area contributed by atoms with Crippen LogP contribution in [0.2, 0.25) is 0 Å². The van der Waals surface area contributed by atoms with Gasteiger partial charge in [-0.25, -0.2) is 0 Å². The number of methoxy groups -OCH3 is 1. The number of rotatable bonds is 6. The summed E-state index contributed by atoms with van der Waals surface area (Å²) in [5.74, 6) is 1.40. The smallest absolute Gasteiger partial charge is 0.287 e. The van der Waals surface area contributed by atoms with Gasteiger partial charge in [0.2, 0.25) is 0 Å². The SMILES string of the molecule is COc1ccc(Br)cc1CNC(=O)c1ccc(Cn2nc(C)cc2C)o1. The highest BCUT2D eigenvalue weighted by Crippen LogP contribution is 2.23. The van der Waals surface area contributed by atoms with Crippen molar-refractivity contribution < 1.29 is 13.9 Å². The molecule has 136 valence electrons. The molecule has 0 fully saturated rings. The zero-order valence-corrected chi connectivity index (χ0v) is 16.5. The van der Waals surface area contributed by atoms with Crippen molar-refractivity contribution in [3.63, 3.8) is 0 Å². The lowest BCUT2D eigenvalue weighted by Gasteiger charge is -2.09. The molecule has 7 heteroatoms. The van der Waals surface area contributed by atoms with Crippen molar-refractivity contribution in [2.45, 2.75) is 26.9 Å². The van der Waals surface area contributed by atoms with E-state index in [1.165, 1.54) is 0 Å². The van der Waals surface area contributed by atoms with Gasteiger partial charge in [-0.05, 0) is 50.2 Å². The molecule has 0 aliphatic heterocycles. The van der Waals surface area contributed by atoms with Gasteiger partial charge in [0.05, 0.1) is 19.3 Å². The molecule has 0 aliphatic carbocycles. The van der Waals surface area contributed by atoms with Gasteiger partial charge in [-0.15, -0.1) is 0 Å². The fourth-order valence-electron chi connectivity index (χ4n) is 2.72. The number of aryl methyl sites for hydroxylation is 2. The first-order chi connectivity index (χ1) is 12.5. The van der Waals surface area contributed by atoms with Gasteiger partial charge in [0, 0.05) is 22.3 Å². The Labute approximate surface area is 160 Å². The summed E-state index contributed by atoms with van der Waals surface area (Å²) >= 11 is 3.42. The van der Waals surface area contributed by atoms with Crippen molar-refractivity contribution in [1.29, 1.82) is 0 Å². The zero-order valence-electron chi connectivity index (χ0n) is 14.9. The van der Waals surface area contributed by atoms with Gasteiger partial charge < -0.3 is 14.5 Å². The van der Waals surface area contributed by atoms with Crippen molar-refractivity contribution in [3.05, 3.63) is 69.3 Å². The minimum Gasteiger partial charge on any atom is -0.496 e. The van der Waals surface area contributed by atoms with E-state index in [1.54, 1.807) is 19.2 Å². The first kappa shape index (κ1) is 18.3. The molecule has 6 nitrogen and oxygen atoms in total. The van der Waals surface area contributed by atoms with Crippen LogP contribution in [0, 0.1) is 13.8 Å². The average molecular weight is 418 g/mol. The number of amides is 1. The molecule has 0 spiro atoms. The van der Waals surface area contributed by atoms with E-state index in [0.717, 1.165) is 27.2 Å². The van der Waals surface area contributed by atoms with E-state index < -0.39 is 0 Å². The molecular formula is C19H20BrN3O3. The molecule has 0 atom stereocenters. The van der Waals surface area contributed by atoms with Crippen LogP contribution in [0.25, 0.3) is 0 Å². The number of nitrogens with one attached hydrogen (secondary N) is 1. The minimum atomic E-state index is -0.272. The highest BCUT2D eigenvalue weighted by atomic mass is 79.9. The fraction of sp³-hybridized carbons (Fsp3) is 0.263. The number of halogens is 1. The molecule has 0 saturated carbocycles. The molecule has 1 aromatic carbocycles. The van der Waals surface area contributed by atoms with Gasteiger partial charge >= 0.3 is 0 Å². The summed E-state index contributed by atoms with van der Waals surface area (Å²) in [5.41, 5.74) is 2.88. The molecule has 26 heavy (non-hydrogen) atoms. The summed E-state index contributed by atoms with van der Waals surface area (Å²) in [7, 11) is 1.60. The summed E-state index contributed by atoms with van der Waals surface area (Å²) in [6.45, 7) is 4.77. The number of benzene rings is 1. The zero-order chi connectivity index (χ0) is 18.7. The van der Waals surface area contributed by atoms with Crippen molar-refractivity contribution in [2.75, 3.05) is 7.11 Å². The third-order valence-corrected chi connectivity index (χ3v) is 4.47. The van der Waals surface area contributed by atoms with Crippen LogP contribution < -0.4 is 10.1 Å². The van der Waals surface area contributed by atoms with Gasteiger partial charge in [0.15, 0.2) is 5.76 Å². The Balaban J connectivity index is 1.65. The molecule has 1 N–H and O–H groups in total. The number of carbonyl (C=O) groups excluding carboxylic acids is 1. The van der Waals surface area contributed by atoms with E-state index in [9.17, 15) is 4.79 Å². The van der Waals surface area contributed by atoms with E-state index in [2.05, 4.69) is 26.3 Å². The summed E-state index contributed by atoms with van der Waals surface area (Å²) in [6.07, 6.45) is 0. The van der Waals surface area contributed by atoms with Crippen molar-refractivity contribution in [3.8, 4) is 5.75 Å². The maximum absolute atomic E-state index is 12.4. The lowest BCUT2D eigenvalue weighted by molar-refractivity contribution is 0.0921. The van der Waals surface area contributed by atoms with Crippen LogP contribution in [0.15, 0.2) is 45.3 Å². The molecule has 3 aromatic rings. The normalized spacial score (nSPS) is 10.8. The standard InChI is InChI=1S/C19H20BrN3O3/c1-12-8-13(2)23(22-12)11-16-5-7-18(26-16)19(24)21-10-14-9-15(20)4-6-17(14)25-3/h4-9H,10-11H2,1-3H3,(H,21,24). The Hall–Kier alpha value is -2.54. The number of ether oxygens (including phenoxy) is 1. The van der Waals surface area contributed by atoms with Crippen LogP contribution in [0.1, 0.15) is 33.3 Å². The summed E-state index contributed by atoms with van der Waals surface area (Å²) in [4.78, 5) is 12.4. The molecule has 2 aromatic heterocycles. The maximum Gasteiger partial charge on any atom is 0.287 e. The van der Waals surface area contributed by atoms with E-state index in [1.807, 2.05) is 42.8 Å². The molecule has 3 rings (SSSR count). The second-order valence-electron chi connectivity index (χ2n) is 5.99. The highest BCUT2D eigenvalue weighted by Gasteiger charge is 2.13. The quantitative estimate of drug-likeness (QED) is 0.661. The molecule has 0 unspecified atom stereocenters. The Morgan fingerprint density at radius 1 is 1.27 bits per heavy atom. The van der Waals surface area contributed by atoms with Crippen molar-refractivity contribution in [1.82, 2.24) is 15.1 Å². The highest BCUT2D eigenvalue weighted by molar-refractivity contribution is 9.10. The van der Waals surface area contributed by atoms with Gasteiger partial charge in [-0.2, -0.15) is 5.10 Å². The van der Waals surface area contributed by atoms with Gasteiger partial charge in [-0.1, -0.05) is 15.9 Å². The summed E-state index contributed by atoms with van der Waals surface area (Å²) in [6, 6.07) is 11.1. The number of hydrogen-bond acceptors (Lipinski definition) is 4. The molecule has 2 heterocycles. The van der Waals surface area contributed by atoms with E-state index in [4.69, 9.17) is 9.15 Å². The van der Waals surface area contributed by atoms with E-state index in [0.29, 0.717) is 18.8 Å². The Morgan fingerprint density at radius 2 is 2.08 bits per heavy atom. The second-order valence-corrected chi connectivity index (χ2v) is 6.91. The number of hydrogen-bond donors (Lipinski definition) is 1. The fourth-order valence-corrected chi connectivity index (χ4v) is 3.12. The van der Waals surface area contributed by atoms with Gasteiger partial charge in [-0.3, -0.25) is 9.48 Å². The second kappa shape index (κ2) is 7.78. The predicted molar refractivity (Wildman–Crippen MR) is 101 cm³/mol. The van der Waals surface area contributed by atoms with E-state index >= 15 is 0 Å². The Bertz CT molecular complexity index is 930. The van der Waals surface area contributed by atoms with Gasteiger partial charge in [0.25, 0.3) is 5.91 Å². The topological polar surface area (TPSA) is 69.3 Å². The Morgan fingerprint density at radius 3 is 2.77 bits per heavy atom. The first-order valence-electron chi connectivity index (χ1n) is 8.16. The van der Waals surface area contributed by atoms with Crippen LogP contribution in [0.3, 0.4) is 0 Å².